The van der Waals surface area contributed by atoms with E-state index < -0.39 is 0 Å². The van der Waals surface area contributed by atoms with Crippen LogP contribution in [0.4, 0.5) is 4.39 Å². The fraction of sp³-hybridized carbons (Fsp3) is 0.320. The van der Waals surface area contributed by atoms with Crippen molar-refractivity contribution >= 4 is 27.3 Å². The van der Waals surface area contributed by atoms with Crippen LogP contribution in [0.25, 0.3) is 21.5 Å². The number of fused-ring (bicyclic) bond motifs is 1. The van der Waals surface area contributed by atoms with Crippen LogP contribution in [0.15, 0.2) is 47.0 Å². The number of benzene rings is 2. The standard InChI is InChI=1S/C25H25FN4O3S/c1-16-6-8-17(9-7-16)24-27-21(33-28-24)14-29-10-12-30(13-11-29)25(31)23-18(15-32-2)22-19(26)4-3-5-20(22)34-23/h3-9H,10-15H2,1-2H3. The summed E-state index contributed by atoms with van der Waals surface area (Å²) in [4.78, 5) is 22.4. The van der Waals surface area contributed by atoms with Crippen LogP contribution in [0.5, 0.6) is 0 Å². The molecule has 0 radical (unpaired) electrons. The Labute approximate surface area is 200 Å². The van der Waals surface area contributed by atoms with Gasteiger partial charge in [-0.15, -0.1) is 11.3 Å². The highest BCUT2D eigenvalue weighted by atomic mass is 32.1. The van der Waals surface area contributed by atoms with Crippen LogP contribution < -0.4 is 0 Å². The molecule has 176 valence electrons. The molecule has 2 aromatic carbocycles. The maximum atomic E-state index is 14.5. The second kappa shape index (κ2) is 9.61. The molecule has 1 aliphatic heterocycles. The summed E-state index contributed by atoms with van der Waals surface area (Å²) in [6, 6.07) is 12.9. The predicted molar refractivity (Wildman–Crippen MR) is 128 cm³/mol. The van der Waals surface area contributed by atoms with Gasteiger partial charge in [-0.1, -0.05) is 41.1 Å². The van der Waals surface area contributed by atoms with E-state index in [9.17, 15) is 9.18 Å². The first-order valence-corrected chi connectivity index (χ1v) is 11.9. The Kier molecular flexibility index (Phi) is 6.40. The van der Waals surface area contributed by atoms with Gasteiger partial charge in [0.25, 0.3) is 5.91 Å². The van der Waals surface area contributed by atoms with Gasteiger partial charge in [-0.3, -0.25) is 9.69 Å². The van der Waals surface area contributed by atoms with Crippen molar-refractivity contribution in [2.75, 3.05) is 33.3 Å². The van der Waals surface area contributed by atoms with E-state index in [1.54, 1.807) is 13.2 Å². The molecular weight excluding hydrogens is 455 g/mol. The molecule has 1 saturated heterocycles. The van der Waals surface area contributed by atoms with Crippen LogP contribution in [0.3, 0.4) is 0 Å². The summed E-state index contributed by atoms with van der Waals surface area (Å²) in [7, 11) is 1.55. The van der Waals surface area contributed by atoms with Crippen molar-refractivity contribution in [3.63, 3.8) is 0 Å². The molecule has 0 aliphatic carbocycles. The van der Waals surface area contributed by atoms with E-state index in [4.69, 9.17) is 9.26 Å². The Hall–Kier alpha value is -3.14. The lowest BCUT2D eigenvalue weighted by atomic mass is 10.1. The predicted octanol–water partition coefficient (Wildman–Crippen LogP) is 4.50. The van der Waals surface area contributed by atoms with Gasteiger partial charge in [0.2, 0.25) is 11.7 Å². The van der Waals surface area contributed by atoms with Crippen LogP contribution in [-0.4, -0.2) is 59.1 Å². The van der Waals surface area contributed by atoms with Crippen molar-refractivity contribution in [2.24, 2.45) is 0 Å². The molecule has 0 N–H and O–H groups in total. The van der Waals surface area contributed by atoms with Crippen LogP contribution >= 0.6 is 11.3 Å². The first-order chi connectivity index (χ1) is 16.5. The minimum atomic E-state index is -0.325. The van der Waals surface area contributed by atoms with E-state index >= 15 is 0 Å². The smallest absolute Gasteiger partial charge is 0.264 e. The second-order valence-electron chi connectivity index (χ2n) is 8.40. The summed E-state index contributed by atoms with van der Waals surface area (Å²) in [5.41, 5.74) is 2.72. The molecule has 1 aliphatic rings. The molecule has 0 bridgehead atoms. The van der Waals surface area contributed by atoms with Gasteiger partial charge in [0, 0.05) is 54.5 Å². The molecule has 0 saturated carbocycles. The fourth-order valence-electron chi connectivity index (χ4n) is 4.21. The number of thiophene rings is 1. The molecule has 1 fully saturated rings. The largest absolute Gasteiger partial charge is 0.380 e. The summed E-state index contributed by atoms with van der Waals surface area (Å²) in [5, 5.41) is 4.58. The van der Waals surface area contributed by atoms with Crippen molar-refractivity contribution in [2.45, 2.75) is 20.1 Å². The number of aromatic nitrogens is 2. The average molecular weight is 481 g/mol. The van der Waals surface area contributed by atoms with E-state index in [1.807, 2.05) is 42.2 Å². The molecule has 1 amide bonds. The first kappa shape index (κ1) is 22.6. The second-order valence-corrected chi connectivity index (χ2v) is 9.45. The molecule has 7 nitrogen and oxygen atoms in total. The minimum Gasteiger partial charge on any atom is -0.380 e. The van der Waals surface area contributed by atoms with E-state index in [2.05, 4.69) is 15.0 Å². The van der Waals surface area contributed by atoms with Crippen LogP contribution in [0.1, 0.15) is 26.7 Å². The van der Waals surface area contributed by atoms with Crippen molar-refractivity contribution in [3.8, 4) is 11.4 Å². The number of carbonyl (C=O) groups is 1. The lowest BCUT2D eigenvalue weighted by molar-refractivity contribution is 0.0616. The molecule has 9 heteroatoms. The molecule has 34 heavy (non-hydrogen) atoms. The normalized spacial score (nSPS) is 14.7. The summed E-state index contributed by atoms with van der Waals surface area (Å²) >= 11 is 1.33. The third-order valence-corrected chi connectivity index (χ3v) is 7.23. The molecule has 0 atom stereocenters. The van der Waals surface area contributed by atoms with Gasteiger partial charge in [-0.05, 0) is 19.1 Å². The number of rotatable bonds is 6. The number of aryl methyl sites for hydroxylation is 1. The third-order valence-electron chi connectivity index (χ3n) is 6.04. The Morgan fingerprint density at radius 1 is 1.15 bits per heavy atom. The number of amides is 1. The zero-order valence-electron chi connectivity index (χ0n) is 19.1. The van der Waals surface area contributed by atoms with Crippen LogP contribution in [0.2, 0.25) is 0 Å². The zero-order chi connectivity index (χ0) is 23.7. The van der Waals surface area contributed by atoms with E-state index in [0.717, 1.165) is 10.3 Å². The van der Waals surface area contributed by atoms with Gasteiger partial charge in [0.15, 0.2) is 0 Å². The topological polar surface area (TPSA) is 71.7 Å². The summed E-state index contributed by atoms with van der Waals surface area (Å²) in [5.74, 6) is 0.727. The van der Waals surface area contributed by atoms with Gasteiger partial charge in [0.05, 0.1) is 18.0 Å². The van der Waals surface area contributed by atoms with Crippen molar-refractivity contribution < 1.29 is 18.4 Å². The molecular formula is C25H25FN4O3S. The molecule has 0 spiro atoms. The fourth-order valence-corrected chi connectivity index (χ4v) is 5.39. The lowest BCUT2D eigenvalue weighted by Gasteiger charge is -2.33. The molecule has 0 unspecified atom stereocenters. The van der Waals surface area contributed by atoms with Crippen LogP contribution in [0, 0.1) is 12.7 Å². The number of ether oxygens (including phenoxy) is 1. The number of hydrogen-bond acceptors (Lipinski definition) is 7. The monoisotopic (exact) mass is 480 g/mol. The van der Waals surface area contributed by atoms with Gasteiger partial charge >= 0.3 is 0 Å². The zero-order valence-corrected chi connectivity index (χ0v) is 19.9. The highest BCUT2D eigenvalue weighted by molar-refractivity contribution is 7.21. The Morgan fingerprint density at radius 3 is 2.65 bits per heavy atom. The van der Waals surface area contributed by atoms with Gasteiger partial charge in [-0.25, -0.2) is 4.39 Å². The Balaban J connectivity index is 1.24. The number of hydrogen-bond donors (Lipinski definition) is 0. The van der Waals surface area contributed by atoms with Crippen molar-refractivity contribution in [3.05, 3.63) is 70.2 Å². The molecule has 2 aromatic heterocycles. The molecule has 5 rings (SSSR count). The summed E-state index contributed by atoms with van der Waals surface area (Å²) < 4.78 is 26.0. The average Bonchev–Trinajstić information content (AvgIpc) is 3.46. The Bertz CT molecular complexity index is 1310. The van der Waals surface area contributed by atoms with E-state index in [-0.39, 0.29) is 18.3 Å². The first-order valence-electron chi connectivity index (χ1n) is 11.1. The summed E-state index contributed by atoms with van der Waals surface area (Å²) in [6.45, 7) is 5.28. The van der Waals surface area contributed by atoms with Gasteiger partial charge in [-0.2, -0.15) is 4.98 Å². The van der Waals surface area contributed by atoms with Gasteiger partial charge in [0.1, 0.15) is 5.82 Å². The van der Waals surface area contributed by atoms with E-state index in [1.165, 1.54) is 23.0 Å². The number of carbonyl (C=O) groups excluding carboxylic acids is 1. The molecule has 4 aromatic rings. The quantitative estimate of drug-likeness (QED) is 0.405. The maximum Gasteiger partial charge on any atom is 0.264 e. The highest BCUT2D eigenvalue weighted by Gasteiger charge is 2.28. The lowest BCUT2D eigenvalue weighted by Crippen LogP contribution is -2.48. The third kappa shape index (κ3) is 4.46. The van der Waals surface area contributed by atoms with Crippen molar-refractivity contribution in [1.29, 1.82) is 0 Å². The highest BCUT2D eigenvalue weighted by Crippen LogP contribution is 2.34. The number of methoxy groups -OCH3 is 1. The summed E-state index contributed by atoms with van der Waals surface area (Å²) in [6.07, 6.45) is 0. The van der Waals surface area contributed by atoms with Crippen LogP contribution in [-0.2, 0) is 17.9 Å². The Morgan fingerprint density at radius 2 is 1.91 bits per heavy atom. The number of nitrogens with zero attached hydrogens (tertiary/aromatic N) is 4. The van der Waals surface area contributed by atoms with E-state index in [0.29, 0.717) is 60.3 Å². The molecule has 3 heterocycles. The number of halogens is 1. The minimum absolute atomic E-state index is 0.0771. The SMILES string of the molecule is COCc1c(C(=O)N2CCN(Cc3nc(-c4ccc(C)cc4)no3)CC2)sc2cccc(F)c12. The van der Waals surface area contributed by atoms with Crippen molar-refractivity contribution in [1.82, 2.24) is 19.9 Å². The maximum absolute atomic E-state index is 14.5. The van der Waals surface area contributed by atoms with Gasteiger partial charge < -0.3 is 14.2 Å². The number of piperazine rings is 1.